The van der Waals surface area contributed by atoms with Crippen LogP contribution in [0.25, 0.3) is 10.9 Å². The van der Waals surface area contributed by atoms with Gasteiger partial charge >= 0.3 is 0 Å². The van der Waals surface area contributed by atoms with Crippen LogP contribution in [0.1, 0.15) is 31.2 Å². The highest BCUT2D eigenvalue weighted by atomic mass is 19.2. The van der Waals surface area contributed by atoms with Crippen molar-refractivity contribution in [2.45, 2.75) is 31.7 Å². The van der Waals surface area contributed by atoms with E-state index in [1.807, 2.05) is 6.20 Å². The van der Waals surface area contributed by atoms with Gasteiger partial charge in [0.25, 0.3) is 0 Å². The minimum absolute atomic E-state index is 0.288. The molecule has 1 fully saturated rings. The Morgan fingerprint density at radius 2 is 2.11 bits per heavy atom. The van der Waals surface area contributed by atoms with Crippen LogP contribution in [-0.4, -0.2) is 17.6 Å². The molecule has 1 aliphatic rings. The van der Waals surface area contributed by atoms with Crippen molar-refractivity contribution in [2.75, 3.05) is 6.54 Å². The minimum atomic E-state index is -0.797. The summed E-state index contributed by atoms with van der Waals surface area (Å²) in [6.07, 6.45) is 3.90. The van der Waals surface area contributed by atoms with Crippen LogP contribution >= 0.6 is 0 Å². The highest BCUT2D eigenvalue weighted by molar-refractivity contribution is 5.84. The molecule has 0 amide bonds. The molecule has 2 heterocycles. The molecule has 1 aromatic carbocycles. The molecule has 1 aliphatic heterocycles. The minimum Gasteiger partial charge on any atom is -0.358 e. The summed E-state index contributed by atoms with van der Waals surface area (Å²) in [5.41, 5.74) is 1.40. The van der Waals surface area contributed by atoms with Crippen LogP contribution < -0.4 is 5.32 Å². The zero-order valence-electron chi connectivity index (χ0n) is 10.3. The van der Waals surface area contributed by atoms with Crippen molar-refractivity contribution in [3.8, 4) is 0 Å². The molecule has 0 radical (unpaired) electrons. The fourth-order valence-electron chi connectivity index (χ4n) is 2.91. The van der Waals surface area contributed by atoms with Gasteiger partial charge in [-0.15, -0.1) is 0 Å². The smallest absolute Gasteiger partial charge is 0.182 e. The normalized spacial score (nSPS) is 24.6. The first-order valence-corrected chi connectivity index (χ1v) is 6.35. The van der Waals surface area contributed by atoms with Crippen LogP contribution in [0, 0.1) is 11.6 Å². The van der Waals surface area contributed by atoms with Gasteiger partial charge in [0.2, 0.25) is 0 Å². The molecule has 2 aromatic rings. The molecule has 2 N–H and O–H groups in total. The van der Waals surface area contributed by atoms with E-state index in [-0.39, 0.29) is 5.52 Å². The van der Waals surface area contributed by atoms with E-state index in [1.165, 1.54) is 6.07 Å². The van der Waals surface area contributed by atoms with Gasteiger partial charge in [-0.3, -0.25) is 0 Å². The van der Waals surface area contributed by atoms with E-state index in [1.54, 1.807) is 6.07 Å². The lowest BCUT2D eigenvalue weighted by Crippen LogP contribution is -2.34. The number of benzene rings is 1. The zero-order chi connectivity index (χ0) is 12.7. The van der Waals surface area contributed by atoms with E-state index in [0.717, 1.165) is 30.3 Å². The highest BCUT2D eigenvalue weighted by Gasteiger charge is 2.23. The first kappa shape index (κ1) is 11.7. The Labute approximate surface area is 104 Å². The summed E-state index contributed by atoms with van der Waals surface area (Å²) >= 11 is 0. The van der Waals surface area contributed by atoms with Gasteiger partial charge in [0.1, 0.15) is 0 Å². The standard InChI is InChI=1S/C14H16F2N2/c1-8-6-9(4-5-17-8)11-7-18-14-10(11)2-3-12(15)13(14)16/h2-3,7-9,17-18H,4-6H2,1H3/t8-,9+/m1/s1. The molecule has 0 bridgehead atoms. The third kappa shape index (κ3) is 1.81. The van der Waals surface area contributed by atoms with Gasteiger partial charge in [-0.05, 0) is 49.9 Å². The largest absolute Gasteiger partial charge is 0.358 e. The van der Waals surface area contributed by atoms with Crippen molar-refractivity contribution >= 4 is 10.9 Å². The van der Waals surface area contributed by atoms with Crippen molar-refractivity contribution < 1.29 is 8.78 Å². The molecule has 0 aliphatic carbocycles. The Kier molecular flexibility index (Phi) is 2.82. The Morgan fingerprint density at radius 1 is 1.28 bits per heavy atom. The van der Waals surface area contributed by atoms with E-state index in [9.17, 15) is 8.78 Å². The monoisotopic (exact) mass is 250 g/mol. The number of rotatable bonds is 1. The average molecular weight is 250 g/mol. The van der Waals surface area contributed by atoms with Crippen LogP contribution in [0.4, 0.5) is 8.78 Å². The number of aromatic amines is 1. The molecule has 0 saturated carbocycles. The number of nitrogens with one attached hydrogen (secondary N) is 2. The second kappa shape index (κ2) is 4.35. The zero-order valence-corrected chi connectivity index (χ0v) is 10.3. The Bertz CT molecular complexity index is 576. The second-order valence-electron chi connectivity index (χ2n) is 5.10. The maximum atomic E-state index is 13.6. The third-order valence-electron chi connectivity index (χ3n) is 3.84. The van der Waals surface area contributed by atoms with Crippen molar-refractivity contribution in [3.05, 3.63) is 35.5 Å². The summed E-state index contributed by atoms with van der Waals surface area (Å²) in [7, 11) is 0. The maximum absolute atomic E-state index is 13.6. The van der Waals surface area contributed by atoms with Crippen LogP contribution in [-0.2, 0) is 0 Å². The van der Waals surface area contributed by atoms with E-state index < -0.39 is 11.6 Å². The van der Waals surface area contributed by atoms with E-state index in [2.05, 4.69) is 17.2 Å². The molecule has 18 heavy (non-hydrogen) atoms. The van der Waals surface area contributed by atoms with Gasteiger partial charge in [-0.25, -0.2) is 8.78 Å². The predicted molar refractivity (Wildman–Crippen MR) is 67.7 cm³/mol. The summed E-state index contributed by atoms with van der Waals surface area (Å²) in [4.78, 5) is 2.87. The number of H-pyrrole nitrogens is 1. The van der Waals surface area contributed by atoms with Crippen LogP contribution in [0.15, 0.2) is 18.3 Å². The molecule has 2 atom stereocenters. The molecule has 1 aromatic heterocycles. The summed E-state index contributed by atoms with van der Waals surface area (Å²) in [6.45, 7) is 3.13. The van der Waals surface area contributed by atoms with Crippen LogP contribution in [0.3, 0.4) is 0 Å². The molecule has 4 heteroatoms. The van der Waals surface area contributed by atoms with Crippen LogP contribution in [0.2, 0.25) is 0 Å². The molecule has 3 rings (SSSR count). The molecule has 96 valence electrons. The summed E-state index contributed by atoms with van der Waals surface area (Å²) in [5, 5.41) is 4.21. The van der Waals surface area contributed by atoms with Crippen LogP contribution in [0.5, 0.6) is 0 Å². The summed E-state index contributed by atoms with van der Waals surface area (Å²) < 4.78 is 26.8. The molecular weight excluding hydrogens is 234 g/mol. The van der Waals surface area contributed by atoms with E-state index >= 15 is 0 Å². The Balaban J connectivity index is 2.05. The lowest BCUT2D eigenvalue weighted by molar-refractivity contribution is 0.382. The lowest BCUT2D eigenvalue weighted by atomic mass is 9.87. The van der Waals surface area contributed by atoms with Gasteiger partial charge in [-0.1, -0.05) is 0 Å². The number of fused-ring (bicyclic) bond motifs is 1. The number of aromatic nitrogens is 1. The maximum Gasteiger partial charge on any atom is 0.182 e. The quantitative estimate of drug-likeness (QED) is 0.798. The fraction of sp³-hybridized carbons (Fsp3) is 0.429. The van der Waals surface area contributed by atoms with Gasteiger partial charge < -0.3 is 10.3 Å². The second-order valence-corrected chi connectivity index (χ2v) is 5.10. The summed E-state index contributed by atoms with van der Waals surface area (Å²) in [6, 6.07) is 3.35. The van der Waals surface area contributed by atoms with Gasteiger partial charge in [0.05, 0.1) is 5.52 Å². The fourth-order valence-corrected chi connectivity index (χ4v) is 2.91. The molecular formula is C14H16F2N2. The number of halogens is 2. The number of hydrogen-bond acceptors (Lipinski definition) is 1. The highest BCUT2D eigenvalue weighted by Crippen LogP contribution is 2.34. The van der Waals surface area contributed by atoms with Crippen molar-refractivity contribution in [3.63, 3.8) is 0 Å². The third-order valence-corrected chi connectivity index (χ3v) is 3.84. The molecule has 1 saturated heterocycles. The van der Waals surface area contributed by atoms with Gasteiger partial charge in [0, 0.05) is 17.6 Å². The number of piperidine rings is 1. The van der Waals surface area contributed by atoms with Crippen molar-refractivity contribution in [2.24, 2.45) is 0 Å². The summed E-state index contributed by atoms with van der Waals surface area (Å²) in [5.74, 6) is -1.16. The van der Waals surface area contributed by atoms with E-state index in [0.29, 0.717) is 12.0 Å². The molecule has 0 unspecified atom stereocenters. The molecule has 0 spiro atoms. The Morgan fingerprint density at radius 3 is 2.89 bits per heavy atom. The van der Waals surface area contributed by atoms with Crippen molar-refractivity contribution in [1.82, 2.24) is 10.3 Å². The first-order chi connectivity index (χ1) is 8.66. The number of hydrogen-bond donors (Lipinski definition) is 2. The predicted octanol–water partition coefficient (Wildman–Crippen LogP) is 3.30. The SMILES string of the molecule is C[C@@H]1C[C@@H](c2c[nH]c3c(F)c(F)ccc23)CCN1. The van der Waals surface area contributed by atoms with Gasteiger partial charge in [-0.2, -0.15) is 0 Å². The topological polar surface area (TPSA) is 27.8 Å². The van der Waals surface area contributed by atoms with Crippen molar-refractivity contribution in [1.29, 1.82) is 0 Å². The molecule has 2 nitrogen and oxygen atoms in total. The van der Waals surface area contributed by atoms with E-state index in [4.69, 9.17) is 0 Å². The first-order valence-electron chi connectivity index (χ1n) is 6.35. The van der Waals surface area contributed by atoms with Gasteiger partial charge in [0.15, 0.2) is 11.6 Å². The average Bonchev–Trinajstić information content (AvgIpc) is 2.78. The Hall–Kier alpha value is -1.42. The lowest BCUT2D eigenvalue weighted by Gasteiger charge is -2.27.